The number of aromatic nitrogens is 1. The van der Waals surface area contributed by atoms with Gasteiger partial charge in [-0.1, -0.05) is 13.8 Å². The van der Waals surface area contributed by atoms with Crippen molar-refractivity contribution < 1.29 is 9.90 Å². The van der Waals surface area contributed by atoms with Gasteiger partial charge >= 0.3 is 5.97 Å². The third-order valence-corrected chi connectivity index (χ3v) is 2.80. The molecule has 0 amide bonds. The fourth-order valence-corrected chi connectivity index (χ4v) is 1.79. The highest BCUT2D eigenvalue weighted by Crippen LogP contribution is 2.13. The lowest BCUT2D eigenvalue weighted by Crippen LogP contribution is -2.32. The number of aromatic carboxylic acids is 1. The van der Waals surface area contributed by atoms with E-state index in [9.17, 15) is 9.59 Å². The van der Waals surface area contributed by atoms with Gasteiger partial charge in [0.25, 0.3) is 5.56 Å². The van der Waals surface area contributed by atoms with Gasteiger partial charge in [0, 0.05) is 18.8 Å². The molecule has 0 aromatic carbocycles. The number of carboxylic acids is 1. The lowest BCUT2D eigenvalue weighted by atomic mass is 10.1. The van der Waals surface area contributed by atoms with Gasteiger partial charge in [-0.05, 0) is 32.1 Å². The van der Waals surface area contributed by atoms with Crippen LogP contribution in [-0.4, -0.2) is 41.2 Å². The van der Waals surface area contributed by atoms with Crippen molar-refractivity contribution in [3.8, 4) is 0 Å². The molecule has 0 saturated heterocycles. The molecule has 100 valence electrons. The molecular weight excluding hydrogens is 232 g/mol. The SMILES string of the molecule is CC(C)c1ccc(C(=O)O)c(=O)n1CCN(C)C. The quantitative estimate of drug-likeness (QED) is 0.856. The third-order valence-electron chi connectivity index (χ3n) is 2.80. The topological polar surface area (TPSA) is 62.5 Å². The van der Waals surface area contributed by atoms with Crippen molar-refractivity contribution in [3.05, 3.63) is 33.7 Å². The number of hydrogen-bond donors (Lipinski definition) is 1. The Bertz CT molecular complexity index is 489. The van der Waals surface area contributed by atoms with Crippen LogP contribution in [0.3, 0.4) is 0 Å². The number of pyridine rings is 1. The van der Waals surface area contributed by atoms with Crippen LogP contribution in [-0.2, 0) is 6.54 Å². The molecule has 0 aliphatic heterocycles. The average molecular weight is 252 g/mol. The summed E-state index contributed by atoms with van der Waals surface area (Å²) < 4.78 is 1.56. The number of rotatable bonds is 5. The van der Waals surface area contributed by atoms with Crippen LogP contribution in [0.25, 0.3) is 0 Å². The van der Waals surface area contributed by atoms with Crippen LogP contribution in [0.2, 0.25) is 0 Å². The summed E-state index contributed by atoms with van der Waals surface area (Å²) in [6.07, 6.45) is 0. The molecule has 0 atom stereocenters. The summed E-state index contributed by atoms with van der Waals surface area (Å²) in [6, 6.07) is 3.12. The number of carbonyl (C=O) groups is 1. The van der Waals surface area contributed by atoms with Gasteiger partial charge in [-0.15, -0.1) is 0 Å². The van der Waals surface area contributed by atoms with Crippen LogP contribution in [0.1, 0.15) is 35.8 Å². The maximum absolute atomic E-state index is 12.1. The molecule has 18 heavy (non-hydrogen) atoms. The van der Waals surface area contributed by atoms with E-state index in [0.717, 1.165) is 5.69 Å². The summed E-state index contributed by atoms with van der Waals surface area (Å²) in [7, 11) is 3.84. The molecule has 0 bridgehead atoms. The van der Waals surface area contributed by atoms with Crippen molar-refractivity contribution in [3.63, 3.8) is 0 Å². The molecule has 0 radical (unpaired) electrons. The van der Waals surface area contributed by atoms with E-state index in [4.69, 9.17) is 5.11 Å². The van der Waals surface area contributed by atoms with E-state index in [-0.39, 0.29) is 11.5 Å². The smallest absolute Gasteiger partial charge is 0.341 e. The van der Waals surface area contributed by atoms with E-state index in [0.29, 0.717) is 13.1 Å². The van der Waals surface area contributed by atoms with Gasteiger partial charge in [-0.3, -0.25) is 4.79 Å². The lowest BCUT2D eigenvalue weighted by Gasteiger charge is -2.18. The average Bonchev–Trinajstić information content (AvgIpc) is 2.25. The Hall–Kier alpha value is -1.62. The second-order valence-corrected chi connectivity index (χ2v) is 4.89. The summed E-state index contributed by atoms with van der Waals surface area (Å²) in [5.74, 6) is -0.989. The van der Waals surface area contributed by atoms with Crippen molar-refractivity contribution in [2.24, 2.45) is 0 Å². The molecule has 1 N–H and O–H groups in total. The maximum atomic E-state index is 12.1. The van der Waals surface area contributed by atoms with E-state index in [1.54, 1.807) is 10.6 Å². The normalized spacial score (nSPS) is 11.2. The van der Waals surface area contributed by atoms with E-state index in [1.165, 1.54) is 6.07 Å². The second kappa shape index (κ2) is 5.82. The van der Waals surface area contributed by atoms with Gasteiger partial charge in [0.15, 0.2) is 0 Å². The Morgan fingerprint density at radius 1 is 1.39 bits per heavy atom. The van der Waals surface area contributed by atoms with Gasteiger partial charge in [0.05, 0.1) is 0 Å². The predicted octanol–water partition coefficient (Wildman–Crippen LogP) is 1.23. The molecular formula is C13H20N2O3. The first-order chi connectivity index (χ1) is 8.34. The highest BCUT2D eigenvalue weighted by molar-refractivity contribution is 5.87. The maximum Gasteiger partial charge on any atom is 0.341 e. The van der Waals surface area contributed by atoms with Crippen molar-refractivity contribution in [1.29, 1.82) is 0 Å². The monoisotopic (exact) mass is 252 g/mol. The van der Waals surface area contributed by atoms with E-state index >= 15 is 0 Å². The van der Waals surface area contributed by atoms with Crippen LogP contribution in [0.15, 0.2) is 16.9 Å². The second-order valence-electron chi connectivity index (χ2n) is 4.89. The molecule has 5 heteroatoms. The Kier molecular flexibility index (Phi) is 4.67. The van der Waals surface area contributed by atoms with E-state index in [1.807, 2.05) is 32.8 Å². The molecule has 5 nitrogen and oxygen atoms in total. The highest BCUT2D eigenvalue weighted by Gasteiger charge is 2.15. The molecule has 1 aromatic rings. The zero-order chi connectivity index (χ0) is 13.9. The molecule has 1 rings (SSSR count). The zero-order valence-electron chi connectivity index (χ0n) is 11.3. The van der Waals surface area contributed by atoms with Crippen LogP contribution in [0, 0.1) is 0 Å². The zero-order valence-corrected chi connectivity index (χ0v) is 11.3. The van der Waals surface area contributed by atoms with Gasteiger partial charge in [0.2, 0.25) is 0 Å². The van der Waals surface area contributed by atoms with Crippen molar-refractivity contribution in [1.82, 2.24) is 9.47 Å². The first-order valence-electron chi connectivity index (χ1n) is 5.96. The standard InChI is InChI=1S/C13H20N2O3/c1-9(2)11-6-5-10(13(17)18)12(16)15(11)8-7-14(3)4/h5-6,9H,7-8H2,1-4H3,(H,17,18). The summed E-state index contributed by atoms with van der Waals surface area (Å²) in [6.45, 7) is 5.17. The van der Waals surface area contributed by atoms with Crippen LogP contribution in [0.5, 0.6) is 0 Å². The van der Waals surface area contributed by atoms with Crippen LogP contribution >= 0.6 is 0 Å². The number of hydrogen-bond acceptors (Lipinski definition) is 3. The molecule has 1 aromatic heterocycles. The third kappa shape index (κ3) is 3.20. The Morgan fingerprint density at radius 2 is 2.00 bits per heavy atom. The van der Waals surface area contributed by atoms with Crippen molar-refractivity contribution in [2.45, 2.75) is 26.3 Å². The fourth-order valence-electron chi connectivity index (χ4n) is 1.79. The largest absolute Gasteiger partial charge is 0.477 e. The summed E-state index contributed by atoms with van der Waals surface area (Å²) in [5.41, 5.74) is 0.278. The molecule has 0 saturated carbocycles. The molecule has 0 spiro atoms. The molecule has 0 fully saturated rings. The van der Waals surface area contributed by atoms with Crippen LogP contribution in [0.4, 0.5) is 0 Å². The van der Waals surface area contributed by atoms with Gasteiger partial charge in [0.1, 0.15) is 5.56 Å². The van der Waals surface area contributed by atoms with Crippen LogP contribution < -0.4 is 5.56 Å². The number of carboxylic acid groups (broad SMARTS) is 1. The van der Waals surface area contributed by atoms with E-state index < -0.39 is 11.5 Å². The predicted molar refractivity (Wildman–Crippen MR) is 70.3 cm³/mol. The molecule has 0 aliphatic rings. The first-order valence-corrected chi connectivity index (χ1v) is 5.96. The minimum absolute atomic E-state index is 0.168. The number of likely N-dealkylation sites (N-methyl/N-ethyl adjacent to an activating group) is 1. The van der Waals surface area contributed by atoms with Crippen molar-refractivity contribution in [2.75, 3.05) is 20.6 Å². The highest BCUT2D eigenvalue weighted by atomic mass is 16.4. The number of nitrogens with zero attached hydrogens (tertiary/aromatic N) is 2. The summed E-state index contributed by atoms with van der Waals surface area (Å²) in [5, 5.41) is 8.97. The van der Waals surface area contributed by atoms with E-state index in [2.05, 4.69) is 0 Å². The molecule has 0 aliphatic carbocycles. The Morgan fingerprint density at radius 3 is 2.44 bits per heavy atom. The van der Waals surface area contributed by atoms with Gasteiger partial charge in [-0.2, -0.15) is 0 Å². The molecule has 0 unspecified atom stereocenters. The minimum atomic E-state index is -1.17. The fraction of sp³-hybridized carbons (Fsp3) is 0.538. The summed E-state index contributed by atoms with van der Waals surface area (Å²) in [4.78, 5) is 25.0. The minimum Gasteiger partial charge on any atom is -0.477 e. The Balaban J connectivity index is 3.27. The Labute approximate surface area is 107 Å². The van der Waals surface area contributed by atoms with Crippen molar-refractivity contribution >= 4 is 5.97 Å². The van der Waals surface area contributed by atoms with Gasteiger partial charge < -0.3 is 14.6 Å². The molecule has 1 heterocycles. The lowest BCUT2D eigenvalue weighted by molar-refractivity contribution is 0.0694. The first kappa shape index (κ1) is 14.4. The summed E-state index contributed by atoms with van der Waals surface area (Å²) >= 11 is 0. The van der Waals surface area contributed by atoms with Gasteiger partial charge in [-0.25, -0.2) is 4.79 Å².